The number of nitrogens with one attached hydrogen (secondary N) is 1. The van der Waals surface area contributed by atoms with E-state index in [1.807, 2.05) is 43.3 Å². The van der Waals surface area contributed by atoms with Crippen molar-refractivity contribution in [2.24, 2.45) is 0 Å². The molecule has 0 aliphatic rings. The van der Waals surface area contributed by atoms with Crippen molar-refractivity contribution in [1.29, 1.82) is 0 Å². The zero-order chi connectivity index (χ0) is 10.6. The highest BCUT2D eigenvalue weighted by molar-refractivity contribution is 5.72. The minimum atomic E-state index is 0.00156. The summed E-state index contributed by atoms with van der Waals surface area (Å²) in [6, 6.07) is 8.12. The number of carbonyl (C=O) groups is 1. The van der Waals surface area contributed by atoms with Gasteiger partial charge in [-0.25, -0.2) is 0 Å². The van der Waals surface area contributed by atoms with E-state index in [4.69, 9.17) is 0 Å². The molecule has 0 aromatic heterocycles. The van der Waals surface area contributed by atoms with Crippen molar-refractivity contribution >= 4 is 11.6 Å². The second-order valence-electron chi connectivity index (χ2n) is 3.47. The zero-order valence-electron chi connectivity index (χ0n) is 8.87. The van der Waals surface area contributed by atoms with Crippen molar-refractivity contribution < 1.29 is 4.79 Å². The largest absolute Gasteiger partial charge is 0.378 e. The van der Waals surface area contributed by atoms with Crippen LogP contribution in [0, 0.1) is 0 Å². The molecule has 1 aromatic carbocycles. The minimum Gasteiger partial charge on any atom is -0.378 e. The molecule has 0 spiro atoms. The van der Waals surface area contributed by atoms with Crippen molar-refractivity contribution in [1.82, 2.24) is 5.32 Å². The molecule has 0 unspecified atom stereocenters. The predicted octanol–water partition coefficient (Wildman–Crippen LogP) is 1.39. The van der Waals surface area contributed by atoms with E-state index in [2.05, 4.69) is 5.32 Å². The van der Waals surface area contributed by atoms with E-state index in [9.17, 15) is 4.79 Å². The lowest BCUT2D eigenvalue weighted by molar-refractivity contribution is -0.119. The third kappa shape index (κ3) is 3.09. The van der Waals surface area contributed by atoms with Crippen LogP contribution < -0.4 is 10.2 Å². The van der Waals surface area contributed by atoms with E-state index in [1.165, 1.54) is 6.92 Å². The summed E-state index contributed by atoms with van der Waals surface area (Å²) in [5, 5.41) is 2.76. The molecule has 76 valence electrons. The average Bonchev–Trinajstić information content (AvgIpc) is 2.15. The highest BCUT2D eigenvalue weighted by Crippen LogP contribution is 2.11. The van der Waals surface area contributed by atoms with Crippen LogP contribution in [0.5, 0.6) is 0 Å². The summed E-state index contributed by atoms with van der Waals surface area (Å²) < 4.78 is 0. The van der Waals surface area contributed by atoms with Crippen LogP contribution in [-0.2, 0) is 11.3 Å². The molecule has 1 N–H and O–H groups in total. The van der Waals surface area contributed by atoms with Gasteiger partial charge in [0.05, 0.1) is 0 Å². The van der Waals surface area contributed by atoms with Gasteiger partial charge in [-0.2, -0.15) is 0 Å². The zero-order valence-corrected chi connectivity index (χ0v) is 8.87. The van der Waals surface area contributed by atoms with Gasteiger partial charge in [0.1, 0.15) is 0 Å². The van der Waals surface area contributed by atoms with Gasteiger partial charge < -0.3 is 10.2 Å². The van der Waals surface area contributed by atoms with Gasteiger partial charge in [-0.05, 0) is 17.7 Å². The van der Waals surface area contributed by atoms with Crippen molar-refractivity contribution in [3.8, 4) is 0 Å². The molecular weight excluding hydrogens is 176 g/mol. The van der Waals surface area contributed by atoms with E-state index in [0.29, 0.717) is 6.54 Å². The SMILES string of the molecule is CC(=O)NCc1ccc(N(C)C)cc1. The van der Waals surface area contributed by atoms with Crippen LogP contribution >= 0.6 is 0 Å². The molecule has 0 radical (unpaired) electrons. The van der Waals surface area contributed by atoms with Crippen LogP contribution in [0.25, 0.3) is 0 Å². The number of carbonyl (C=O) groups excluding carboxylic acids is 1. The summed E-state index contributed by atoms with van der Waals surface area (Å²) in [5.41, 5.74) is 2.28. The molecule has 0 saturated carbocycles. The predicted molar refractivity (Wildman–Crippen MR) is 58.3 cm³/mol. The number of hydrogen-bond acceptors (Lipinski definition) is 2. The number of rotatable bonds is 3. The lowest BCUT2D eigenvalue weighted by atomic mass is 10.2. The Morgan fingerprint density at radius 3 is 2.29 bits per heavy atom. The minimum absolute atomic E-state index is 0.00156. The Morgan fingerprint density at radius 1 is 1.29 bits per heavy atom. The van der Waals surface area contributed by atoms with Crippen molar-refractivity contribution in [3.63, 3.8) is 0 Å². The Labute approximate surface area is 84.7 Å². The standard InChI is InChI=1S/C11H16N2O/c1-9(14)12-8-10-4-6-11(7-5-10)13(2)3/h4-7H,8H2,1-3H3,(H,12,14). The lowest BCUT2D eigenvalue weighted by Gasteiger charge is -2.12. The lowest BCUT2D eigenvalue weighted by Crippen LogP contribution is -2.18. The first kappa shape index (κ1) is 10.6. The Kier molecular flexibility index (Phi) is 3.51. The molecule has 3 nitrogen and oxygen atoms in total. The molecular formula is C11H16N2O. The second-order valence-corrected chi connectivity index (χ2v) is 3.47. The van der Waals surface area contributed by atoms with Crippen LogP contribution in [0.4, 0.5) is 5.69 Å². The third-order valence-corrected chi connectivity index (χ3v) is 1.99. The number of amides is 1. The molecule has 3 heteroatoms. The fraction of sp³-hybridized carbons (Fsp3) is 0.364. The van der Waals surface area contributed by atoms with Gasteiger partial charge in [0, 0.05) is 33.3 Å². The Bertz CT molecular complexity index is 304. The van der Waals surface area contributed by atoms with Crippen LogP contribution in [-0.4, -0.2) is 20.0 Å². The topological polar surface area (TPSA) is 32.3 Å². The summed E-state index contributed by atoms with van der Waals surface area (Å²) >= 11 is 0. The van der Waals surface area contributed by atoms with Crippen LogP contribution in [0.15, 0.2) is 24.3 Å². The summed E-state index contributed by atoms with van der Waals surface area (Å²) in [4.78, 5) is 12.7. The molecule has 1 aromatic rings. The van der Waals surface area contributed by atoms with Gasteiger partial charge in [0.25, 0.3) is 0 Å². The summed E-state index contributed by atoms with van der Waals surface area (Å²) in [6.07, 6.45) is 0. The first-order valence-electron chi connectivity index (χ1n) is 4.60. The van der Waals surface area contributed by atoms with Crippen molar-refractivity contribution in [2.45, 2.75) is 13.5 Å². The van der Waals surface area contributed by atoms with Gasteiger partial charge in [0.15, 0.2) is 0 Å². The van der Waals surface area contributed by atoms with Gasteiger partial charge in [-0.3, -0.25) is 4.79 Å². The third-order valence-electron chi connectivity index (χ3n) is 1.99. The molecule has 1 amide bonds. The Morgan fingerprint density at radius 2 is 1.86 bits per heavy atom. The van der Waals surface area contributed by atoms with Gasteiger partial charge in [-0.1, -0.05) is 12.1 Å². The maximum absolute atomic E-state index is 10.7. The number of benzene rings is 1. The number of hydrogen-bond donors (Lipinski definition) is 1. The fourth-order valence-corrected chi connectivity index (χ4v) is 1.14. The molecule has 0 heterocycles. The molecule has 0 saturated heterocycles. The first-order chi connectivity index (χ1) is 6.59. The summed E-state index contributed by atoms with van der Waals surface area (Å²) in [7, 11) is 4.01. The van der Waals surface area contributed by atoms with Crippen molar-refractivity contribution in [2.75, 3.05) is 19.0 Å². The highest BCUT2D eigenvalue weighted by atomic mass is 16.1. The highest BCUT2D eigenvalue weighted by Gasteiger charge is 1.96. The molecule has 14 heavy (non-hydrogen) atoms. The number of anilines is 1. The van der Waals surface area contributed by atoms with E-state index in [1.54, 1.807) is 0 Å². The average molecular weight is 192 g/mol. The first-order valence-corrected chi connectivity index (χ1v) is 4.60. The molecule has 0 atom stereocenters. The number of nitrogens with zero attached hydrogens (tertiary/aromatic N) is 1. The fourth-order valence-electron chi connectivity index (χ4n) is 1.14. The molecule has 0 aliphatic carbocycles. The van der Waals surface area contributed by atoms with Gasteiger partial charge in [-0.15, -0.1) is 0 Å². The van der Waals surface area contributed by atoms with Crippen molar-refractivity contribution in [3.05, 3.63) is 29.8 Å². The molecule has 1 rings (SSSR count). The van der Waals surface area contributed by atoms with Crippen LogP contribution in [0.1, 0.15) is 12.5 Å². The van der Waals surface area contributed by atoms with E-state index in [0.717, 1.165) is 11.3 Å². The maximum Gasteiger partial charge on any atom is 0.217 e. The summed E-state index contributed by atoms with van der Waals surface area (Å²) in [5.74, 6) is 0.00156. The second kappa shape index (κ2) is 4.65. The molecule has 0 fully saturated rings. The quantitative estimate of drug-likeness (QED) is 0.785. The Balaban J connectivity index is 2.59. The van der Waals surface area contributed by atoms with E-state index < -0.39 is 0 Å². The van der Waals surface area contributed by atoms with E-state index in [-0.39, 0.29) is 5.91 Å². The normalized spacial score (nSPS) is 9.64. The molecule has 0 bridgehead atoms. The van der Waals surface area contributed by atoms with Gasteiger partial charge >= 0.3 is 0 Å². The smallest absolute Gasteiger partial charge is 0.217 e. The van der Waals surface area contributed by atoms with Gasteiger partial charge in [0.2, 0.25) is 5.91 Å². The maximum atomic E-state index is 10.7. The Hall–Kier alpha value is -1.51. The van der Waals surface area contributed by atoms with Crippen LogP contribution in [0.3, 0.4) is 0 Å². The van der Waals surface area contributed by atoms with Crippen LogP contribution in [0.2, 0.25) is 0 Å². The monoisotopic (exact) mass is 192 g/mol. The molecule has 0 aliphatic heterocycles. The summed E-state index contributed by atoms with van der Waals surface area (Å²) in [6.45, 7) is 2.12. The van der Waals surface area contributed by atoms with E-state index >= 15 is 0 Å².